The molecule has 0 atom stereocenters. The summed E-state index contributed by atoms with van der Waals surface area (Å²) in [7, 11) is 0. The third-order valence-electron chi connectivity index (χ3n) is 5.60. The van der Waals surface area contributed by atoms with Gasteiger partial charge in [0.15, 0.2) is 0 Å². The minimum atomic E-state index is -0.0807. The summed E-state index contributed by atoms with van der Waals surface area (Å²) in [6.45, 7) is 8.56. The molecule has 0 spiro atoms. The van der Waals surface area contributed by atoms with Crippen LogP contribution in [0.3, 0.4) is 0 Å². The molecule has 4 N–H and O–H groups in total. The largest absolute Gasteiger partial charge is 0.363 e. The van der Waals surface area contributed by atoms with Crippen molar-refractivity contribution in [1.29, 1.82) is 0 Å². The first kappa shape index (κ1) is 18.6. The maximum Gasteiger partial charge on any atom is 0.102 e. The van der Waals surface area contributed by atoms with Crippen molar-refractivity contribution in [2.75, 3.05) is 21.3 Å². The highest BCUT2D eigenvalue weighted by Crippen LogP contribution is 2.38. The molecule has 0 saturated carbocycles. The van der Waals surface area contributed by atoms with Crippen LogP contribution in [0.15, 0.2) is 72.8 Å². The number of anilines is 4. The van der Waals surface area contributed by atoms with Gasteiger partial charge in [-0.05, 0) is 62.7 Å². The van der Waals surface area contributed by atoms with Crippen molar-refractivity contribution in [2.24, 2.45) is 0 Å². The van der Waals surface area contributed by atoms with Crippen molar-refractivity contribution >= 4 is 44.3 Å². The Morgan fingerprint density at radius 2 is 0.700 bits per heavy atom. The van der Waals surface area contributed by atoms with Gasteiger partial charge in [-0.1, -0.05) is 48.5 Å². The standard InChI is InChI=1S/2C13H14N2/c2*1-13(2)14-10-7-3-5-9-6-4-8-11(15-13)12(9)10/h2*3-8,14-15H,1-2H3. The number of hydrogen-bond acceptors (Lipinski definition) is 4. The zero-order valence-electron chi connectivity index (χ0n) is 17.9. The van der Waals surface area contributed by atoms with Gasteiger partial charge in [0.25, 0.3) is 0 Å². The topological polar surface area (TPSA) is 48.1 Å². The van der Waals surface area contributed by atoms with E-state index < -0.39 is 0 Å². The molecule has 2 aliphatic heterocycles. The van der Waals surface area contributed by atoms with Gasteiger partial charge in [0.2, 0.25) is 0 Å². The second-order valence-corrected chi connectivity index (χ2v) is 9.17. The minimum Gasteiger partial charge on any atom is -0.363 e. The second-order valence-electron chi connectivity index (χ2n) is 9.17. The Morgan fingerprint density at radius 3 is 0.967 bits per heavy atom. The van der Waals surface area contributed by atoms with Crippen molar-refractivity contribution in [3.8, 4) is 0 Å². The first-order valence-electron chi connectivity index (χ1n) is 10.5. The van der Waals surface area contributed by atoms with E-state index in [1.54, 1.807) is 0 Å². The Kier molecular flexibility index (Phi) is 4.07. The summed E-state index contributed by atoms with van der Waals surface area (Å²) >= 11 is 0. The van der Waals surface area contributed by atoms with Gasteiger partial charge in [-0.25, -0.2) is 0 Å². The molecule has 4 heteroatoms. The molecule has 4 nitrogen and oxygen atoms in total. The van der Waals surface area contributed by atoms with Gasteiger partial charge in [-0.15, -0.1) is 0 Å². The lowest BCUT2D eigenvalue weighted by atomic mass is 10.0. The van der Waals surface area contributed by atoms with E-state index in [2.05, 4.69) is 122 Å². The molecule has 2 heterocycles. The SMILES string of the molecule is CC1(C)Nc2cccc3cccc(c23)N1.CC1(C)Nc2cccc3cccc(c23)N1. The number of hydrogen-bond donors (Lipinski definition) is 4. The quantitative estimate of drug-likeness (QED) is 0.263. The molecule has 6 rings (SSSR count). The lowest BCUT2D eigenvalue weighted by Gasteiger charge is -2.35. The molecule has 4 aromatic carbocycles. The predicted molar refractivity (Wildman–Crippen MR) is 131 cm³/mol. The zero-order valence-corrected chi connectivity index (χ0v) is 17.9. The van der Waals surface area contributed by atoms with E-state index in [9.17, 15) is 0 Å². The summed E-state index contributed by atoms with van der Waals surface area (Å²) in [5.41, 5.74) is 4.70. The van der Waals surface area contributed by atoms with Crippen LogP contribution >= 0.6 is 0 Å². The highest BCUT2D eigenvalue weighted by Gasteiger charge is 2.25. The van der Waals surface area contributed by atoms with Gasteiger partial charge < -0.3 is 21.3 Å². The molecule has 4 aromatic rings. The van der Waals surface area contributed by atoms with E-state index >= 15 is 0 Å². The van der Waals surface area contributed by atoms with Crippen LogP contribution < -0.4 is 21.3 Å². The summed E-state index contributed by atoms with van der Waals surface area (Å²) in [4.78, 5) is 0. The summed E-state index contributed by atoms with van der Waals surface area (Å²) in [5, 5.41) is 19.1. The molecule has 0 aromatic heterocycles. The Bertz CT molecular complexity index is 1070. The lowest BCUT2D eigenvalue weighted by Crippen LogP contribution is -2.41. The molecule has 0 bridgehead atoms. The molecule has 0 amide bonds. The van der Waals surface area contributed by atoms with Crippen LogP contribution in [-0.4, -0.2) is 11.3 Å². The van der Waals surface area contributed by atoms with Crippen LogP contribution in [-0.2, 0) is 0 Å². The van der Waals surface area contributed by atoms with E-state index in [1.165, 1.54) is 44.3 Å². The minimum absolute atomic E-state index is 0.0807. The predicted octanol–water partition coefficient (Wildman–Crippen LogP) is 6.83. The maximum absolute atomic E-state index is 3.49. The summed E-state index contributed by atoms with van der Waals surface area (Å²) < 4.78 is 0. The van der Waals surface area contributed by atoms with Crippen LogP contribution in [0.1, 0.15) is 27.7 Å². The van der Waals surface area contributed by atoms with Crippen LogP contribution in [0.25, 0.3) is 21.5 Å². The van der Waals surface area contributed by atoms with E-state index in [-0.39, 0.29) is 11.3 Å². The maximum atomic E-state index is 3.49. The average Bonchev–Trinajstić information content (AvgIpc) is 2.67. The Labute approximate surface area is 177 Å². The molecular formula is C26H28N4. The average molecular weight is 397 g/mol. The molecule has 0 fully saturated rings. The van der Waals surface area contributed by atoms with Gasteiger partial charge in [-0.2, -0.15) is 0 Å². The van der Waals surface area contributed by atoms with Crippen LogP contribution in [0, 0.1) is 0 Å². The fourth-order valence-electron chi connectivity index (χ4n) is 4.51. The zero-order chi connectivity index (χ0) is 20.9. The second kappa shape index (κ2) is 6.56. The first-order valence-corrected chi connectivity index (χ1v) is 10.5. The summed E-state index contributed by atoms with van der Waals surface area (Å²) in [6, 6.07) is 25.5. The molecule has 0 aliphatic carbocycles. The van der Waals surface area contributed by atoms with Crippen molar-refractivity contribution in [2.45, 2.75) is 39.0 Å². The van der Waals surface area contributed by atoms with Gasteiger partial charge in [-0.3, -0.25) is 0 Å². The highest BCUT2D eigenvalue weighted by molar-refractivity contribution is 6.06. The van der Waals surface area contributed by atoms with E-state index in [4.69, 9.17) is 0 Å². The van der Waals surface area contributed by atoms with Gasteiger partial charge in [0.1, 0.15) is 11.3 Å². The Balaban J connectivity index is 0.000000128. The molecule has 2 aliphatic rings. The summed E-state index contributed by atoms with van der Waals surface area (Å²) in [6.07, 6.45) is 0. The third kappa shape index (κ3) is 3.28. The van der Waals surface area contributed by atoms with Crippen molar-refractivity contribution in [3.63, 3.8) is 0 Å². The van der Waals surface area contributed by atoms with Crippen LogP contribution in [0.4, 0.5) is 22.7 Å². The monoisotopic (exact) mass is 396 g/mol. The van der Waals surface area contributed by atoms with Crippen molar-refractivity contribution in [3.05, 3.63) is 72.8 Å². The van der Waals surface area contributed by atoms with E-state index in [1.807, 2.05) is 0 Å². The highest BCUT2D eigenvalue weighted by atomic mass is 15.2. The molecule has 30 heavy (non-hydrogen) atoms. The van der Waals surface area contributed by atoms with Crippen molar-refractivity contribution < 1.29 is 0 Å². The molecule has 152 valence electrons. The van der Waals surface area contributed by atoms with Crippen LogP contribution in [0.5, 0.6) is 0 Å². The number of benzene rings is 4. The van der Waals surface area contributed by atoms with Gasteiger partial charge in [0.05, 0.1) is 0 Å². The number of nitrogens with one attached hydrogen (secondary N) is 4. The fraction of sp³-hybridized carbons (Fsp3) is 0.231. The smallest absolute Gasteiger partial charge is 0.102 e. The Hall–Kier alpha value is -3.40. The van der Waals surface area contributed by atoms with Gasteiger partial charge >= 0.3 is 0 Å². The Morgan fingerprint density at radius 1 is 0.433 bits per heavy atom. The van der Waals surface area contributed by atoms with Crippen LogP contribution in [0.2, 0.25) is 0 Å². The number of rotatable bonds is 0. The lowest BCUT2D eigenvalue weighted by molar-refractivity contribution is 0.649. The van der Waals surface area contributed by atoms with E-state index in [0.29, 0.717) is 0 Å². The molecule has 0 radical (unpaired) electrons. The fourth-order valence-corrected chi connectivity index (χ4v) is 4.51. The van der Waals surface area contributed by atoms with E-state index in [0.717, 1.165) is 0 Å². The van der Waals surface area contributed by atoms with Crippen molar-refractivity contribution in [1.82, 2.24) is 0 Å². The molecular weight excluding hydrogens is 368 g/mol. The molecule has 0 unspecified atom stereocenters. The normalized spacial score (nSPS) is 16.9. The summed E-state index contributed by atoms with van der Waals surface area (Å²) in [5.74, 6) is 0. The van der Waals surface area contributed by atoms with Gasteiger partial charge in [0, 0.05) is 33.5 Å². The molecule has 0 saturated heterocycles. The first-order chi connectivity index (χ1) is 14.3. The third-order valence-corrected chi connectivity index (χ3v) is 5.60.